The van der Waals surface area contributed by atoms with Crippen LogP contribution in [0.15, 0.2) is 59.4 Å². The molecule has 1 aromatic carbocycles. The molecule has 0 fully saturated rings. The summed E-state index contributed by atoms with van der Waals surface area (Å²) in [6.45, 7) is 4.31. The summed E-state index contributed by atoms with van der Waals surface area (Å²) in [6, 6.07) is 13.7. The number of carbonyl (C=O) groups is 1. The highest BCUT2D eigenvalue weighted by atomic mass is 16.5. The number of nitrogens with one attached hydrogen (secondary N) is 1. The van der Waals surface area contributed by atoms with E-state index in [2.05, 4.69) is 34.3 Å². The predicted octanol–water partition coefficient (Wildman–Crippen LogP) is 3.97. The molecule has 0 aliphatic heterocycles. The van der Waals surface area contributed by atoms with Gasteiger partial charge in [0.1, 0.15) is 0 Å². The van der Waals surface area contributed by atoms with Gasteiger partial charge in [0.15, 0.2) is 0 Å². The molecular weight excluding hydrogens is 340 g/mol. The van der Waals surface area contributed by atoms with E-state index in [-0.39, 0.29) is 11.9 Å². The van der Waals surface area contributed by atoms with E-state index in [0.717, 1.165) is 17.5 Å². The molecule has 0 aliphatic carbocycles. The van der Waals surface area contributed by atoms with E-state index < -0.39 is 0 Å². The molecular formula is C21H24N4O2. The van der Waals surface area contributed by atoms with E-state index in [1.165, 1.54) is 0 Å². The standard InChI is InChI=1S/C21H24N4O2/c1-15(2)14-18(16-6-4-3-5-7-16)23-19(26)8-9-20-24-21(25-27-20)17-10-12-22-13-11-17/h3-7,10-13,15,18H,8-9,14H2,1-2H3,(H,23,26). The first-order valence-electron chi connectivity index (χ1n) is 9.19. The summed E-state index contributed by atoms with van der Waals surface area (Å²) in [7, 11) is 0. The van der Waals surface area contributed by atoms with Crippen molar-refractivity contribution in [1.82, 2.24) is 20.4 Å². The van der Waals surface area contributed by atoms with Gasteiger partial charge in [-0.15, -0.1) is 0 Å². The molecule has 6 heteroatoms. The summed E-state index contributed by atoms with van der Waals surface area (Å²) in [5.41, 5.74) is 1.96. The first kappa shape index (κ1) is 18.8. The maximum atomic E-state index is 12.4. The highest BCUT2D eigenvalue weighted by Crippen LogP contribution is 2.21. The van der Waals surface area contributed by atoms with Crippen LogP contribution in [0.25, 0.3) is 11.4 Å². The lowest BCUT2D eigenvalue weighted by Crippen LogP contribution is -2.29. The zero-order chi connectivity index (χ0) is 19.1. The fraction of sp³-hybridized carbons (Fsp3) is 0.333. The Labute approximate surface area is 159 Å². The Hall–Kier alpha value is -3.02. The minimum Gasteiger partial charge on any atom is -0.349 e. The molecule has 2 heterocycles. The molecule has 0 bridgehead atoms. The van der Waals surface area contributed by atoms with E-state index in [4.69, 9.17) is 4.52 Å². The Bertz CT molecular complexity index is 847. The van der Waals surface area contributed by atoms with Gasteiger partial charge in [0.05, 0.1) is 6.04 Å². The highest BCUT2D eigenvalue weighted by molar-refractivity contribution is 5.76. The molecule has 2 aromatic heterocycles. The Morgan fingerprint density at radius 3 is 2.56 bits per heavy atom. The molecule has 27 heavy (non-hydrogen) atoms. The SMILES string of the molecule is CC(C)CC(NC(=O)CCc1nc(-c2ccncc2)no1)c1ccccc1. The van der Waals surface area contributed by atoms with Gasteiger partial charge in [0.25, 0.3) is 0 Å². The highest BCUT2D eigenvalue weighted by Gasteiger charge is 2.17. The molecule has 3 aromatic rings. The van der Waals surface area contributed by atoms with Gasteiger partial charge in [-0.05, 0) is 30.0 Å². The van der Waals surface area contributed by atoms with Gasteiger partial charge in [0.2, 0.25) is 17.6 Å². The van der Waals surface area contributed by atoms with E-state index in [9.17, 15) is 4.79 Å². The van der Waals surface area contributed by atoms with Crippen molar-refractivity contribution in [3.63, 3.8) is 0 Å². The summed E-state index contributed by atoms with van der Waals surface area (Å²) in [6.07, 6.45) is 4.96. The number of carbonyl (C=O) groups excluding carboxylic acids is 1. The zero-order valence-electron chi connectivity index (χ0n) is 15.6. The third kappa shape index (κ3) is 5.48. The van der Waals surface area contributed by atoms with Gasteiger partial charge in [-0.3, -0.25) is 9.78 Å². The van der Waals surface area contributed by atoms with Crippen LogP contribution in [0.5, 0.6) is 0 Å². The minimum absolute atomic E-state index is 0.00812. The third-order valence-corrected chi connectivity index (χ3v) is 4.22. The summed E-state index contributed by atoms with van der Waals surface area (Å²) in [5, 5.41) is 7.10. The molecule has 140 valence electrons. The van der Waals surface area contributed by atoms with Crippen LogP contribution in [0.2, 0.25) is 0 Å². The first-order chi connectivity index (χ1) is 13.1. The van der Waals surface area contributed by atoms with Crippen molar-refractivity contribution in [1.29, 1.82) is 0 Å². The number of nitrogens with zero attached hydrogens (tertiary/aromatic N) is 3. The van der Waals surface area contributed by atoms with E-state index >= 15 is 0 Å². The van der Waals surface area contributed by atoms with Crippen LogP contribution in [0.3, 0.4) is 0 Å². The van der Waals surface area contributed by atoms with E-state index in [1.807, 2.05) is 42.5 Å². The molecule has 1 N–H and O–H groups in total. The van der Waals surface area contributed by atoms with Crippen LogP contribution >= 0.6 is 0 Å². The topological polar surface area (TPSA) is 80.9 Å². The Kier molecular flexibility index (Phi) is 6.30. The second kappa shape index (κ2) is 9.07. The van der Waals surface area contributed by atoms with Crippen LogP contribution in [0, 0.1) is 5.92 Å². The average Bonchev–Trinajstić information content (AvgIpc) is 3.16. The summed E-state index contributed by atoms with van der Waals surface area (Å²) < 4.78 is 5.26. The molecule has 6 nitrogen and oxygen atoms in total. The van der Waals surface area contributed by atoms with Gasteiger partial charge in [0, 0.05) is 30.8 Å². The van der Waals surface area contributed by atoms with Crippen molar-refractivity contribution in [2.45, 2.75) is 39.2 Å². The lowest BCUT2D eigenvalue weighted by atomic mass is 9.97. The Morgan fingerprint density at radius 1 is 1.11 bits per heavy atom. The van der Waals surface area contributed by atoms with Crippen molar-refractivity contribution in [3.8, 4) is 11.4 Å². The van der Waals surface area contributed by atoms with Crippen LogP contribution < -0.4 is 5.32 Å². The summed E-state index contributed by atoms with van der Waals surface area (Å²) in [5.74, 6) is 1.43. The number of hydrogen-bond acceptors (Lipinski definition) is 5. The molecule has 3 rings (SSSR count). The Balaban J connectivity index is 1.57. The second-order valence-corrected chi connectivity index (χ2v) is 6.91. The molecule has 0 spiro atoms. The average molecular weight is 364 g/mol. The quantitative estimate of drug-likeness (QED) is 0.654. The van der Waals surface area contributed by atoms with Crippen LogP contribution in [0.1, 0.15) is 44.2 Å². The van der Waals surface area contributed by atoms with Crippen LogP contribution in [0.4, 0.5) is 0 Å². The van der Waals surface area contributed by atoms with E-state index in [0.29, 0.717) is 30.5 Å². The maximum absolute atomic E-state index is 12.4. The zero-order valence-corrected chi connectivity index (χ0v) is 15.6. The Morgan fingerprint density at radius 2 is 1.85 bits per heavy atom. The molecule has 1 atom stereocenters. The lowest BCUT2D eigenvalue weighted by Gasteiger charge is -2.21. The molecule has 1 unspecified atom stereocenters. The largest absolute Gasteiger partial charge is 0.349 e. The molecule has 0 saturated carbocycles. The summed E-state index contributed by atoms with van der Waals surface area (Å²) >= 11 is 0. The number of hydrogen-bond donors (Lipinski definition) is 1. The molecule has 0 saturated heterocycles. The smallest absolute Gasteiger partial charge is 0.227 e. The number of rotatable bonds is 8. The van der Waals surface area contributed by atoms with Gasteiger partial charge in [-0.25, -0.2) is 0 Å². The number of amides is 1. The maximum Gasteiger partial charge on any atom is 0.227 e. The predicted molar refractivity (Wildman–Crippen MR) is 103 cm³/mol. The van der Waals surface area contributed by atoms with Crippen LogP contribution in [-0.2, 0) is 11.2 Å². The van der Waals surface area contributed by atoms with Crippen molar-refractivity contribution >= 4 is 5.91 Å². The van der Waals surface area contributed by atoms with E-state index in [1.54, 1.807) is 12.4 Å². The minimum atomic E-state index is -0.0202. The van der Waals surface area contributed by atoms with Gasteiger partial charge in [-0.1, -0.05) is 49.3 Å². The number of pyridine rings is 1. The molecule has 1 amide bonds. The number of aryl methyl sites for hydroxylation is 1. The number of benzene rings is 1. The fourth-order valence-corrected chi connectivity index (χ4v) is 2.90. The lowest BCUT2D eigenvalue weighted by molar-refractivity contribution is -0.122. The van der Waals surface area contributed by atoms with Crippen LogP contribution in [-0.4, -0.2) is 21.0 Å². The normalized spacial score (nSPS) is 12.1. The van der Waals surface area contributed by atoms with Gasteiger partial charge in [-0.2, -0.15) is 4.98 Å². The van der Waals surface area contributed by atoms with Crippen molar-refractivity contribution in [2.75, 3.05) is 0 Å². The first-order valence-corrected chi connectivity index (χ1v) is 9.19. The monoisotopic (exact) mass is 364 g/mol. The number of aromatic nitrogens is 3. The van der Waals surface area contributed by atoms with Gasteiger partial charge < -0.3 is 9.84 Å². The van der Waals surface area contributed by atoms with Crippen molar-refractivity contribution in [3.05, 3.63) is 66.3 Å². The second-order valence-electron chi connectivity index (χ2n) is 6.91. The molecule has 0 radical (unpaired) electrons. The van der Waals surface area contributed by atoms with Crippen molar-refractivity contribution in [2.24, 2.45) is 5.92 Å². The summed E-state index contributed by atoms with van der Waals surface area (Å²) in [4.78, 5) is 20.8. The third-order valence-electron chi connectivity index (χ3n) is 4.22. The van der Waals surface area contributed by atoms with Gasteiger partial charge >= 0.3 is 0 Å². The fourth-order valence-electron chi connectivity index (χ4n) is 2.90. The van der Waals surface area contributed by atoms with Crippen molar-refractivity contribution < 1.29 is 9.32 Å². The molecule has 0 aliphatic rings.